The minimum atomic E-state index is 0.00801. The summed E-state index contributed by atoms with van der Waals surface area (Å²) in [6.45, 7) is 1.87. The molecule has 1 aliphatic rings. The number of nitrogens with zero attached hydrogens (tertiary/aromatic N) is 1. The van der Waals surface area contributed by atoms with Crippen LogP contribution in [0.4, 0.5) is 5.88 Å². The predicted molar refractivity (Wildman–Crippen MR) is 38.2 cm³/mol. The maximum Gasteiger partial charge on any atom is 0.234 e. The number of aryl methyl sites for hydroxylation is 1. The zero-order valence-electron chi connectivity index (χ0n) is 6.18. The third-order valence-electron chi connectivity index (χ3n) is 1.84. The van der Waals surface area contributed by atoms with E-state index in [4.69, 9.17) is 4.52 Å². The van der Waals surface area contributed by atoms with E-state index < -0.39 is 0 Å². The Balaban J connectivity index is 2.44. The van der Waals surface area contributed by atoms with Gasteiger partial charge in [0, 0.05) is 12.0 Å². The molecule has 4 nitrogen and oxygen atoms in total. The van der Waals surface area contributed by atoms with Gasteiger partial charge < -0.3 is 4.52 Å². The molecule has 1 N–H and O–H groups in total. The van der Waals surface area contributed by atoms with Gasteiger partial charge in [-0.1, -0.05) is 5.16 Å². The van der Waals surface area contributed by atoms with E-state index in [-0.39, 0.29) is 5.91 Å². The van der Waals surface area contributed by atoms with Gasteiger partial charge in [-0.15, -0.1) is 0 Å². The Labute approximate surface area is 63.6 Å². The van der Waals surface area contributed by atoms with E-state index in [2.05, 4.69) is 10.5 Å². The van der Waals surface area contributed by atoms with Gasteiger partial charge in [0.25, 0.3) is 0 Å². The molecule has 1 aromatic rings. The van der Waals surface area contributed by atoms with E-state index in [9.17, 15) is 4.79 Å². The molecule has 0 spiro atoms. The average molecular weight is 152 g/mol. The van der Waals surface area contributed by atoms with Gasteiger partial charge in [0.1, 0.15) is 0 Å². The lowest BCUT2D eigenvalue weighted by atomic mass is 10.1. The largest absolute Gasteiger partial charge is 0.338 e. The molecule has 0 saturated heterocycles. The molecule has 4 heteroatoms. The van der Waals surface area contributed by atoms with Crippen molar-refractivity contribution in [3.63, 3.8) is 0 Å². The first-order chi connectivity index (χ1) is 5.27. The molecule has 11 heavy (non-hydrogen) atoms. The second-order valence-electron chi connectivity index (χ2n) is 2.62. The Morgan fingerprint density at radius 1 is 1.55 bits per heavy atom. The Kier molecular flexibility index (Phi) is 1.21. The van der Waals surface area contributed by atoms with E-state index in [1.54, 1.807) is 0 Å². The lowest BCUT2D eigenvalue weighted by Gasteiger charge is -2.08. The number of carbonyl (C=O) groups is 1. The molecule has 1 amide bonds. The van der Waals surface area contributed by atoms with Crippen LogP contribution in [0, 0.1) is 6.92 Å². The summed E-state index contributed by atoms with van der Waals surface area (Å²) in [5, 5.41) is 6.36. The van der Waals surface area contributed by atoms with Gasteiger partial charge >= 0.3 is 0 Å². The van der Waals surface area contributed by atoms with E-state index in [1.165, 1.54) is 0 Å². The van der Waals surface area contributed by atoms with Gasteiger partial charge in [-0.25, -0.2) is 0 Å². The van der Waals surface area contributed by atoms with E-state index >= 15 is 0 Å². The third kappa shape index (κ3) is 0.906. The number of hydrogen-bond acceptors (Lipinski definition) is 3. The van der Waals surface area contributed by atoms with Crippen molar-refractivity contribution in [2.24, 2.45) is 0 Å². The fourth-order valence-corrected chi connectivity index (χ4v) is 1.21. The summed E-state index contributed by atoms with van der Waals surface area (Å²) in [6, 6.07) is 0. The van der Waals surface area contributed by atoms with Gasteiger partial charge in [0.2, 0.25) is 11.8 Å². The number of carbonyl (C=O) groups excluding carboxylic acids is 1. The van der Waals surface area contributed by atoms with Crippen molar-refractivity contribution in [2.45, 2.75) is 19.8 Å². The second-order valence-corrected chi connectivity index (χ2v) is 2.62. The first-order valence-corrected chi connectivity index (χ1v) is 3.52. The van der Waals surface area contributed by atoms with Gasteiger partial charge in [0.15, 0.2) is 0 Å². The topological polar surface area (TPSA) is 55.1 Å². The van der Waals surface area contributed by atoms with Crippen molar-refractivity contribution in [3.05, 3.63) is 11.3 Å². The number of rotatable bonds is 0. The van der Waals surface area contributed by atoms with Gasteiger partial charge in [-0.05, 0) is 13.3 Å². The molecule has 0 unspecified atom stereocenters. The number of aromatic nitrogens is 1. The van der Waals surface area contributed by atoms with Crippen LogP contribution in [0.25, 0.3) is 0 Å². The predicted octanol–water partition coefficient (Wildman–Crippen LogP) is 0.868. The minimum absolute atomic E-state index is 0.00801. The summed E-state index contributed by atoms with van der Waals surface area (Å²) >= 11 is 0. The van der Waals surface area contributed by atoms with Crippen LogP contribution < -0.4 is 5.32 Å². The first kappa shape index (κ1) is 6.39. The standard InChI is InChI=1S/C7H8N2O2/c1-4-5-2-3-6(10)8-7(5)11-9-4/h2-3H2,1H3,(H,8,10). The molecular formula is C7H8N2O2. The maximum atomic E-state index is 10.8. The molecule has 0 saturated carbocycles. The Hall–Kier alpha value is -1.32. The van der Waals surface area contributed by atoms with Crippen LogP contribution in [0.2, 0.25) is 0 Å². The summed E-state index contributed by atoms with van der Waals surface area (Å²) in [7, 11) is 0. The fraction of sp³-hybridized carbons (Fsp3) is 0.429. The minimum Gasteiger partial charge on any atom is -0.338 e. The molecule has 1 aliphatic heterocycles. The number of nitrogens with one attached hydrogen (secondary N) is 1. The van der Waals surface area contributed by atoms with E-state index in [1.807, 2.05) is 6.92 Å². The van der Waals surface area contributed by atoms with Crippen LogP contribution in [0.5, 0.6) is 0 Å². The number of anilines is 1. The third-order valence-corrected chi connectivity index (χ3v) is 1.84. The smallest absolute Gasteiger partial charge is 0.234 e. The van der Waals surface area contributed by atoms with Gasteiger partial charge in [-0.3, -0.25) is 10.1 Å². The summed E-state index contributed by atoms with van der Waals surface area (Å²) in [4.78, 5) is 10.8. The second kappa shape index (κ2) is 2.08. The van der Waals surface area contributed by atoms with Crippen molar-refractivity contribution in [3.8, 4) is 0 Å². The molecule has 2 rings (SSSR count). The highest BCUT2D eigenvalue weighted by Crippen LogP contribution is 2.24. The summed E-state index contributed by atoms with van der Waals surface area (Å²) in [6.07, 6.45) is 1.28. The highest BCUT2D eigenvalue weighted by atomic mass is 16.5. The van der Waals surface area contributed by atoms with Gasteiger partial charge in [-0.2, -0.15) is 0 Å². The molecule has 2 heterocycles. The van der Waals surface area contributed by atoms with Crippen molar-refractivity contribution in [2.75, 3.05) is 5.32 Å². The van der Waals surface area contributed by atoms with Crippen molar-refractivity contribution >= 4 is 11.8 Å². The lowest BCUT2D eigenvalue weighted by Crippen LogP contribution is -2.17. The molecule has 0 bridgehead atoms. The van der Waals surface area contributed by atoms with Crippen LogP contribution in [0.1, 0.15) is 17.7 Å². The van der Waals surface area contributed by atoms with Crippen molar-refractivity contribution in [1.29, 1.82) is 0 Å². The first-order valence-electron chi connectivity index (χ1n) is 3.52. The van der Waals surface area contributed by atoms with Crippen LogP contribution >= 0.6 is 0 Å². The number of hydrogen-bond donors (Lipinski definition) is 1. The SMILES string of the molecule is Cc1noc2c1CCC(=O)N2. The molecule has 58 valence electrons. The molecule has 0 atom stereocenters. The fourth-order valence-electron chi connectivity index (χ4n) is 1.21. The van der Waals surface area contributed by atoms with E-state index in [0.717, 1.165) is 17.7 Å². The quantitative estimate of drug-likeness (QED) is 0.600. The molecule has 0 fully saturated rings. The highest BCUT2D eigenvalue weighted by molar-refractivity contribution is 5.92. The van der Waals surface area contributed by atoms with Crippen molar-refractivity contribution < 1.29 is 9.32 Å². The normalized spacial score (nSPS) is 15.9. The van der Waals surface area contributed by atoms with Gasteiger partial charge in [0.05, 0.1) is 5.69 Å². The average Bonchev–Trinajstić information content (AvgIpc) is 2.32. The molecule has 0 radical (unpaired) electrons. The Morgan fingerprint density at radius 3 is 3.18 bits per heavy atom. The Bertz CT molecular complexity index is 303. The van der Waals surface area contributed by atoms with Crippen molar-refractivity contribution in [1.82, 2.24) is 5.16 Å². The summed E-state index contributed by atoms with van der Waals surface area (Å²) in [5.41, 5.74) is 1.91. The summed E-state index contributed by atoms with van der Waals surface area (Å²) in [5.74, 6) is 0.535. The Morgan fingerprint density at radius 2 is 2.36 bits per heavy atom. The zero-order chi connectivity index (χ0) is 7.84. The number of amides is 1. The number of fused-ring (bicyclic) bond motifs is 1. The van der Waals surface area contributed by atoms with Crippen LogP contribution in [-0.4, -0.2) is 11.1 Å². The molecule has 0 aromatic carbocycles. The van der Waals surface area contributed by atoms with E-state index in [0.29, 0.717) is 12.3 Å². The monoisotopic (exact) mass is 152 g/mol. The maximum absolute atomic E-state index is 10.8. The lowest BCUT2D eigenvalue weighted by molar-refractivity contribution is -0.116. The molecule has 1 aromatic heterocycles. The summed E-state index contributed by atoms with van der Waals surface area (Å²) < 4.78 is 4.88. The molecule has 0 aliphatic carbocycles. The van der Waals surface area contributed by atoms with Crippen LogP contribution in [-0.2, 0) is 11.2 Å². The van der Waals surface area contributed by atoms with Crippen LogP contribution in [0.15, 0.2) is 4.52 Å². The zero-order valence-corrected chi connectivity index (χ0v) is 6.18. The van der Waals surface area contributed by atoms with Crippen LogP contribution in [0.3, 0.4) is 0 Å². The highest BCUT2D eigenvalue weighted by Gasteiger charge is 2.20. The molecular weight excluding hydrogens is 144 g/mol.